The minimum atomic E-state index is -0.889. The van der Waals surface area contributed by atoms with Crippen LogP contribution < -0.4 is 5.32 Å². The van der Waals surface area contributed by atoms with Crippen molar-refractivity contribution in [1.82, 2.24) is 5.32 Å². The number of nitriles is 1. The summed E-state index contributed by atoms with van der Waals surface area (Å²) in [6, 6.07) is 9.10. The zero-order valence-corrected chi connectivity index (χ0v) is 13.5. The van der Waals surface area contributed by atoms with Crippen molar-refractivity contribution in [2.24, 2.45) is 5.92 Å². The lowest BCUT2D eigenvalue weighted by Gasteiger charge is -2.22. The molecule has 1 fully saturated rings. The molecule has 0 bridgehead atoms. The molecular formula is C17H17ClN2O3. The molecule has 1 aliphatic carbocycles. The van der Waals surface area contributed by atoms with Gasteiger partial charge in [0, 0.05) is 11.1 Å². The van der Waals surface area contributed by atoms with E-state index in [9.17, 15) is 9.59 Å². The van der Waals surface area contributed by atoms with E-state index < -0.39 is 24.0 Å². The summed E-state index contributed by atoms with van der Waals surface area (Å²) in [7, 11) is 0. The molecule has 0 saturated heterocycles. The number of ether oxygens (including phenoxy) is 1. The molecule has 1 aromatic carbocycles. The topological polar surface area (TPSA) is 79.2 Å². The first-order valence-corrected chi connectivity index (χ1v) is 7.63. The highest BCUT2D eigenvalue weighted by Gasteiger charge is 2.43. The van der Waals surface area contributed by atoms with Crippen molar-refractivity contribution >= 4 is 29.6 Å². The van der Waals surface area contributed by atoms with E-state index in [1.165, 1.54) is 6.08 Å². The number of carbonyl (C=O) groups excluding carboxylic acids is 2. The number of benzene rings is 1. The Morgan fingerprint density at radius 3 is 2.87 bits per heavy atom. The normalized spacial score (nSPS) is 16.4. The summed E-state index contributed by atoms with van der Waals surface area (Å²) in [6.45, 7) is 1.27. The molecule has 1 aromatic rings. The molecule has 1 saturated carbocycles. The van der Waals surface area contributed by atoms with Gasteiger partial charge in [-0.15, -0.1) is 0 Å². The number of halogens is 1. The Hall–Kier alpha value is -2.32. The molecule has 1 amide bonds. The highest BCUT2D eigenvalue weighted by molar-refractivity contribution is 6.30. The maximum Gasteiger partial charge on any atom is 0.331 e. The number of rotatable bonds is 6. The van der Waals surface area contributed by atoms with E-state index in [0.717, 1.165) is 18.4 Å². The van der Waals surface area contributed by atoms with Crippen LogP contribution in [0.4, 0.5) is 0 Å². The molecule has 0 heterocycles. The Bertz CT molecular complexity index is 677. The van der Waals surface area contributed by atoms with Gasteiger partial charge in [-0.2, -0.15) is 5.26 Å². The van der Waals surface area contributed by atoms with Crippen LogP contribution in [0.5, 0.6) is 0 Å². The highest BCUT2D eigenvalue weighted by Crippen LogP contribution is 2.39. The fraction of sp³-hybridized carbons (Fsp3) is 0.353. The van der Waals surface area contributed by atoms with Crippen LogP contribution >= 0.6 is 11.6 Å². The van der Waals surface area contributed by atoms with Crippen LogP contribution in [-0.4, -0.2) is 24.0 Å². The van der Waals surface area contributed by atoms with Crippen molar-refractivity contribution < 1.29 is 14.3 Å². The molecule has 0 spiro atoms. The van der Waals surface area contributed by atoms with Gasteiger partial charge in [-0.1, -0.05) is 23.7 Å². The van der Waals surface area contributed by atoms with E-state index in [1.54, 1.807) is 37.3 Å². The third-order valence-electron chi connectivity index (χ3n) is 3.63. The summed E-state index contributed by atoms with van der Waals surface area (Å²) in [6.07, 6.45) is 4.62. The zero-order chi connectivity index (χ0) is 16.9. The molecule has 1 N–H and O–H groups in total. The zero-order valence-electron chi connectivity index (χ0n) is 12.7. The number of hydrogen-bond acceptors (Lipinski definition) is 4. The van der Waals surface area contributed by atoms with Crippen LogP contribution in [0, 0.1) is 17.2 Å². The molecule has 2 rings (SSSR count). The lowest BCUT2D eigenvalue weighted by molar-refractivity contribution is -0.144. The van der Waals surface area contributed by atoms with Gasteiger partial charge in [-0.3, -0.25) is 4.79 Å². The van der Waals surface area contributed by atoms with Crippen molar-refractivity contribution in [3.63, 3.8) is 0 Å². The van der Waals surface area contributed by atoms with E-state index >= 15 is 0 Å². The van der Waals surface area contributed by atoms with Gasteiger partial charge in [0.25, 0.3) is 5.91 Å². The lowest BCUT2D eigenvalue weighted by atomic mass is 9.98. The van der Waals surface area contributed by atoms with Crippen LogP contribution in [0.3, 0.4) is 0 Å². The van der Waals surface area contributed by atoms with Crippen LogP contribution in [0.15, 0.2) is 30.3 Å². The molecule has 0 aromatic heterocycles. The first-order valence-electron chi connectivity index (χ1n) is 7.25. The van der Waals surface area contributed by atoms with Crippen molar-refractivity contribution in [3.8, 4) is 6.07 Å². The van der Waals surface area contributed by atoms with Gasteiger partial charge in [-0.25, -0.2) is 4.79 Å². The average molecular weight is 333 g/mol. The molecule has 120 valence electrons. The smallest absolute Gasteiger partial charge is 0.331 e. The molecule has 5 nitrogen and oxygen atoms in total. The summed E-state index contributed by atoms with van der Waals surface area (Å²) in [4.78, 5) is 23.4. The van der Waals surface area contributed by atoms with E-state index in [2.05, 4.69) is 11.4 Å². The maximum atomic E-state index is 11.8. The van der Waals surface area contributed by atoms with Crippen LogP contribution in [0.1, 0.15) is 25.3 Å². The molecule has 1 atom stereocenters. The van der Waals surface area contributed by atoms with E-state index in [-0.39, 0.29) is 5.92 Å². The second-order valence-corrected chi connectivity index (χ2v) is 6.07. The standard InChI is InChI=1S/C17H17ClN2O3/c1-17(11-19,13-6-7-13)20-15(21)10-23-16(22)8-5-12-3-2-4-14(18)9-12/h2-5,8-9,13H,6-7,10H2,1H3,(H,20,21)/b8-5+/t17-/m1/s1. The monoisotopic (exact) mass is 332 g/mol. The van der Waals surface area contributed by atoms with E-state index in [0.29, 0.717) is 5.02 Å². The fourth-order valence-electron chi connectivity index (χ4n) is 2.17. The van der Waals surface area contributed by atoms with Crippen molar-refractivity contribution in [3.05, 3.63) is 40.9 Å². The molecule has 0 radical (unpaired) electrons. The van der Waals surface area contributed by atoms with E-state index in [1.807, 2.05) is 0 Å². The molecule has 0 unspecified atom stereocenters. The molecule has 6 heteroatoms. The fourth-order valence-corrected chi connectivity index (χ4v) is 2.37. The van der Waals surface area contributed by atoms with Crippen LogP contribution in [0.2, 0.25) is 5.02 Å². The Morgan fingerprint density at radius 2 is 2.26 bits per heavy atom. The van der Waals surface area contributed by atoms with Crippen molar-refractivity contribution in [2.45, 2.75) is 25.3 Å². The van der Waals surface area contributed by atoms with Gasteiger partial charge < -0.3 is 10.1 Å². The minimum absolute atomic E-state index is 0.176. The number of hydrogen-bond donors (Lipinski definition) is 1. The quantitative estimate of drug-likeness (QED) is 0.641. The maximum absolute atomic E-state index is 11.8. The van der Waals surface area contributed by atoms with Gasteiger partial charge in [0.1, 0.15) is 5.54 Å². The molecule has 1 aliphatic rings. The third kappa shape index (κ3) is 5.11. The molecule has 0 aliphatic heterocycles. The number of nitrogens with zero attached hydrogens (tertiary/aromatic N) is 1. The Balaban J connectivity index is 1.80. The summed E-state index contributed by atoms with van der Waals surface area (Å²) in [5.74, 6) is -0.939. The second-order valence-electron chi connectivity index (χ2n) is 5.63. The Morgan fingerprint density at radius 1 is 1.52 bits per heavy atom. The minimum Gasteiger partial charge on any atom is -0.452 e. The molecular weight excluding hydrogens is 316 g/mol. The lowest BCUT2D eigenvalue weighted by Crippen LogP contribution is -2.48. The Kier molecular flexibility index (Phi) is 5.41. The summed E-state index contributed by atoms with van der Waals surface area (Å²) < 4.78 is 4.87. The summed E-state index contributed by atoms with van der Waals surface area (Å²) >= 11 is 5.84. The van der Waals surface area contributed by atoms with Gasteiger partial charge in [0.2, 0.25) is 0 Å². The largest absolute Gasteiger partial charge is 0.452 e. The second kappa shape index (κ2) is 7.30. The van der Waals surface area contributed by atoms with E-state index in [4.69, 9.17) is 21.6 Å². The number of nitrogens with one attached hydrogen (secondary N) is 1. The number of carbonyl (C=O) groups is 2. The van der Waals surface area contributed by atoms with Crippen molar-refractivity contribution in [1.29, 1.82) is 5.26 Å². The Labute approximate surface area is 139 Å². The van der Waals surface area contributed by atoms with Crippen LogP contribution in [-0.2, 0) is 14.3 Å². The number of esters is 1. The predicted molar refractivity (Wildman–Crippen MR) is 86.3 cm³/mol. The SMILES string of the molecule is C[C@](C#N)(NC(=O)COC(=O)/C=C/c1cccc(Cl)c1)C1CC1. The molecule has 23 heavy (non-hydrogen) atoms. The first-order chi connectivity index (χ1) is 10.9. The van der Waals surface area contributed by atoms with Crippen molar-refractivity contribution in [2.75, 3.05) is 6.61 Å². The predicted octanol–water partition coefficient (Wildman–Crippen LogP) is 2.70. The number of amides is 1. The first kappa shape index (κ1) is 17.0. The summed E-state index contributed by atoms with van der Waals surface area (Å²) in [5.41, 5.74) is -0.134. The van der Waals surface area contributed by atoms with Gasteiger partial charge in [-0.05, 0) is 49.5 Å². The van der Waals surface area contributed by atoms with Gasteiger partial charge >= 0.3 is 5.97 Å². The van der Waals surface area contributed by atoms with Gasteiger partial charge in [0.15, 0.2) is 6.61 Å². The summed E-state index contributed by atoms with van der Waals surface area (Å²) in [5, 5.41) is 12.3. The van der Waals surface area contributed by atoms with Gasteiger partial charge in [0.05, 0.1) is 6.07 Å². The highest BCUT2D eigenvalue weighted by atomic mass is 35.5. The average Bonchev–Trinajstić information content (AvgIpc) is 3.36. The van der Waals surface area contributed by atoms with Crippen LogP contribution in [0.25, 0.3) is 6.08 Å². The third-order valence-corrected chi connectivity index (χ3v) is 3.87.